The lowest BCUT2D eigenvalue weighted by molar-refractivity contribution is -0.115. The average Bonchev–Trinajstić information content (AvgIpc) is 2.76. The van der Waals surface area contributed by atoms with Gasteiger partial charge in [-0.15, -0.1) is 0 Å². The van der Waals surface area contributed by atoms with Crippen molar-refractivity contribution < 1.29 is 9.53 Å². The third-order valence-electron chi connectivity index (χ3n) is 2.62. The second-order valence-corrected chi connectivity index (χ2v) is 4.41. The van der Waals surface area contributed by atoms with Crippen LogP contribution in [0.1, 0.15) is 0 Å². The maximum atomic E-state index is 11.0. The van der Waals surface area contributed by atoms with E-state index >= 15 is 0 Å². The summed E-state index contributed by atoms with van der Waals surface area (Å²) in [4.78, 5) is 18.6. The summed E-state index contributed by atoms with van der Waals surface area (Å²) in [5.41, 5.74) is 0.949. The largest absolute Gasteiger partial charge is 0.492 e. The molecule has 0 atom stereocenters. The number of likely N-dealkylation sites (N-methyl/N-ethyl adjacent to an activating group) is 1. The van der Waals surface area contributed by atoms with E-state index < -0.39 is 0 Å². The van der Waals surface area contributed by atoms with Gasteiger partial charge >= 0.3 is 0 Å². The molecule has 0 bridgehead atoms. The highest BCUT2D eigenvalue weighted by Gasteiger charge is 2.14. The van der Waals surface area contributed by atoms with Gasteiger partial charge in [0.1, 0.15) is 18.9 Å². The Morgan fingerprint density at radius 1 is 1.33 bits per heavy atom. The van der Waals surface area contributed by atoms with Crippen LogP contribution in [0.2, 0.25) is 0 Å². The second kappa shape index (κ2) is 5.64. The summed E-state index contributed by atoms with van der Waals surface area (Å²) in [6.07, 6.45) is 1.56. The highest BCUT2D eigenvalue weighted by molar-refractivity contribution is 6.01. The number of anilines is 1. The Hall–Kier alpha value is -1.88. The number of rotatable bonds is 5. The number of benzene rings is 1. The number of aliphatic imine (C=N–C) groups is 1. The molecule has 1 aliphatic rings. The number of carbonyl (C=O) groups is 1. The monoisotopic (exact) mass is 247 g/mol. The number of hydrogen-bond acceptors (Lipinski definition) is 4. The first kappa shape index (κ1) is 12.6. The van der Waals surface area contributed by atoms with Gasteiger partial charge in [-0.25, -0.2) is 4.99 Å². The van der Waals surface area contributed by atoms with E-state index in [2.05, 4.69) is 9.89 Å². The van der Waals surface area contributed by atoms with E-state index in [0.29, 0.717) is 13.2 Å². The minimum atomic E-state index is -0.110. The van der Waals surface area contributed by atoms with Crippen molar-refractivity contribution >= 4 is 17.9 Å². The molecule has 0 aliphatic carbocycles. The molecule has 0 radical (unpaired) electrons. The molecule has 1 heterocycles. The molecule has 2 rings (SSSR count). The van der Waals surface area contributed by atoms with Gasteiger partial charge in [0.2, 0.25) is 0 Å². The molecular weight excluding hydrogens is 230 g/mol. The van der Waals surface area contributed by atoms with Crippen molar-refractivity contribution in [2.75, 3.05) is 38.7 Å². The molecule has 0 saturated heterocycles. The fourth-order valence-corrected chi connectivity index (χ4v) is 1.60. The smallest absolute Gasteiger partial charge is 0.267 e. The molecule has 0 spiro atoms. The molecule has 5 nitrogen and oxygen atoms in total. The lowest BCUT2D eigenvalue weighted by atomic mass is 10.3. The van der Waals surface area contributed by atoms with Crippen LogP contribution in [0.5, 0.6) is 5.75 Å². The van der Waals surface area contributed by atoms with E-state index in [1.807, 2.05) is 43.3 Å². The number of nitrogens with zero attached hydrogens (tertiary/aromatic N) is 3. The molecule has 18 heavy (non-hydrogen) atoms. The molecule has 5 heteroatoms. The third-order valence-corrected chi connectivity index (χ3v) is 2.62. The molecule has 0 N–H and O–H groups in total. The van der Waals surface area contributed by atoms with Crippen molar-refractivity contribution in [3.63, 3.8) is 0 Å². The lowest BCUT2D eigenvalue weighted by Crippen LogP contribution is -2.20. The molecule has 0 saturated carbocycles. The fourth-order valence-electron chi connectivity index (χ4n) is 1.60. The summed E-state index contributed by atoms with van der Waals surface area (Å²) < 4.78 is 5.59. The van der Waals surface area contributed by atoms with Crippen molar-refractivity contribution in [1.82, 2.24) is 4.90 Å². The van der Waals surface area contributed by atoms with Crippen LogP contribution in [0.4, 0.5) is 5.69 Å². The van der Waals surface area contributed by atoms with Crippen molar-refractivity contribution in [2.24, 2.45) is 4.99 Å². The van der Waals surface area contributed by atoms with Crippen LogP contribution in [0.3, 0.4) is 0 Å². The van der Waals surface area contributed by atoms with Crippen LogP contribution in [0.15, 0.2) is 29.3 Å². The Labute approximate surface area is 107 Å². The summed E-state index contributed by atoms with van der Waals surface area (Å²) in [7, 11) is 4.02. The molecule has 96 valence electrons. The van der Waals surface area contributed by atoms with E-state index in [0.717, 1.165) is 18.0 Å². The molecular formula is C13H17N3O2. The van der Waals surface area contributed by atoms with E-state index in [1.54, 1.807) is 6.34 Å². The van der Waals surface area contributed by atoms with E-state index in [4.69, 9.17) is 4.74 Å². The highest BCUT2D eigenvalue weighted by atomic mass is 16.5. The highest BCUT2D eigenvalue weighted by Crippen LogP contribution is 2.19. The summed E-state index contributed by atoms with van der Waals surface area (Å²) in [5.74, 6) is 0.726. The number of ether oxygens (including phenoxy) is 1. The number of hydrogen-bond donors (Lipinski definition) is 0. The summed E-state index contributed by atoms with van der Waals surface area (Å²) in [6.45, 7) is 1.87. The van der Waals surface area contributed by atoms with E-state index in [-0.39, 0.29) is 5.91 Å². The minimum absolute atomic E-state index is 0.110. The minimum Gasteiger partial charge on any atom is -0.492 e. The number of carbonyl (C=O) groups excluding carboxylic acids is 1. The zero-order chi connectivity index (χ0) is 13.0. The zero-order valence-corrected chi connectivity index (χ0v) is 10.7. The first-order chi connectivity index (χ1) is 8.65. The normalized spacial score (nSPS) is 14.6. The van der Waals surface area contributed by atoms with E-state index in [1.165, 1.54) is 0 Å². The van der Waals surface area contributed by atoms with Crippen LogP contribution in [-0.4, -0.2) is 50.9 Å². The van der Waals surface area contributed by atoms with Crippen LogP contribution >= 0.6 is 0 Å². The van der Waals surface area contributed by atoms with E-state index in [9.17, 15) is 4.79 Å². The first-order valence-corrected chi connectivity index (χ1v) is 5.86. The lowest BCUT2D eigenvalue weighted by Gasteiger charge is -2.14. The SMILES string of the molecule is CN(C)CCOc1ccc(N2C=NC(=O)C2)cc1. The van der Waals surface area contributed by atoms with Gasteiger partial charge in [-0.1, -0.05) is 0 Å². The fraction of sp³-hybridized carbons (Fsp3) is 0.385. The van der Waals surface area contributed by atoms with Crippen molar-refractivity contribution in [2.45, 2.75) is 0 Å². The van der Waals surface area contributed by atoms with Crippen molar-refractivity contribution in [1.29, 1.82) is 0 Å². The molecule has 1 aliphatic heterocycles. The van der Waals surface area contributed by atoms with Gasteiger partial charge < -0.3 is 14.5 Å². The second-order valence-electron chi connectivity index (χ2n) is 4.41. The van der Waals surface area contributed by atoms with Crippen molar-refractivity contribution in [3.8, 4) is 5.75 Å². The molecule has 0 aromatic heterocycles. The van der Waals surface area contributed by atoms with Crippen molar-refractivity contribution in [3.05, 3.63) is 24.3 Å². The van der Waals surface area contributed by atoms with Gasteiger partial charge in [0.05, 0.1) is 6.34 Å². The van der Waals surface area contributed by atoms with Gasteiger partial charge in [-0.05, 0) is 38.4 Å². The molecule has 1 aromatic carbocycles. The maximum Gasteiger partial charge on any atom is 0.267 e. The van der Waals surface area contributed by atoms with Crippen LogP contribution in [0, 0.1) is 0 Å². The number of amides is 1. The predicted octanol–water partition coefficient (Wildman–Crippen LogP) is 1.00. The van der Waals surface area contributed by atoms with Crippen LogP contribution < -0.4 is 9.64 Å². The Kier molecular flexibility index (Phi) is 3.94. The van der Waals surface area contributed by atoms with Gasteiger partial charge in [-0.3, -0.25) is 4.79 Å². The summed E-state index contributed by atoms with van der Waals surface area (Å²) in [6, 6.07) is 7.66. The van der Waals surface area contributed by atoms with Gasteiger partial charge in [0, 0.05) is 12.2 Å². The zero-order valence-electron chi connectivity index (χ0n) is 10.7. The Morgan fingerprint density at radius 2 is 2.06 bits per heavy atom. The standard InChI is InChI=1S/C13H17N3O2/c1-15(2)7-8-18-12-5-3-11(4-6-12)16-9-13(17)14-10-16/h3-6,10H,7-9H2,1-2H3. The molecule has 1 amide bonds. The maximum absolute atomic E-state index is 11.0. The summed E-state index contributed by atoms with van der Waals surface area (Å²) >= 11 is 0. The Morgan fingerprint density at radius 3 is 2.61 bits per heavy atom. The molecule has 1 aromatic rings. The first-order valence-electron chi connectivity index (χ1n) is 5.86. The van der Waals surface area contributed by atoms with Gasteiger partial charge in [-0.2, -0.15) is 0 Å². The third kappa shape index (κ3) is 3.30. The quantitative estimate of drug-likeness (QED) is 0.778. The Bertz CT molecular complexity index is 440. The predicted molar refractivity (Wildman–Crippen MR) is 71.3 cm³/mol. The van der Waals surface area contributed by atoms with Gasteiger partial charge in [0.25, 0.3) is 5.91 Å². The van der Waals surface area contributed by atoms with Gasteiger partial charge in [0.15, 0.2) is 0 Å². The topological polar surface area (TPSA) is 45.1 Å². The molecule has 0 unspecified atom stereocenters. The molecule has 0 fully saturated rings. The summed E-state index contributed by atoms with van der Waals surface area (Å²) in [5, 5.41) is 0. The van der Waals surface area contributed by atoms with Crippen LogP contribution in [0.25, 0.3) is 0 Å². The van der Waals surface area contributed by atoms with Crippen LogP contribution in [-0.2, 0) is 4.79 Å². The Balaban J connectivity index is 1.89. The average molecular weight is 247 g/mol.